The molecule has 0 atom stereocenters. The number of halogens is 2. The summed E-state index contributed by atoms with van der Waals surface area (Å²) in [4.78, 5) is 24.7. The maximum absolute atomic E-state index is 12.4. The highest BCUT2D eigenvalue weighted by atomic mass is 32.1. The van der Waals surface area contributed by atoms with Crippen LogP contribution in [0.5, 0.6) is 5.75 Å². The van der Waals surface area contributed by atoms with E-state index in [4.69, 9.17) is 0 Å². The summed E-state index contributed by atoms with van der Waals surface area (Å²) in [7, 11) is 0. The molecule has 5 nitrogen and oxygen atoms in total. The number of amides is 2. The van der Waals surface area contributed by atoms with Crippen LogP contribution < -0.4 is 15.4 Å². The molecule has 1 saturated carbocycles. The molecule has 1 aromatic carbocycles. The summed E-state index contributed by atoms with van der Waals surface area (Å²) in [5.74, 6) is -0.223. The molecule has 0 radical (unpaired) electrons. The molecule has 3 rings (SSSR count). The fourth-order valence-electron chi connectivity index (χ4n) is 2.25. The molecule has 1 aliphatic carbocycles. The minimum atomic E-state index is -2.89. The van der Waals surface area contributed by atoms with Crippen molar-refractivity contribution in [1.82, 2.24) is 0 Å². The van der Waals surface area contributed by atoms with Gasteiger partial charge in [0.15, 0.2) is 0 Å². The first kappa shape index (κ1) is 17.3. The van der Waals surface area contributed by atoms with E-state index in [9.17, 15) is 18.4 Å². The lowest BCUT2D eigenvalue weighted by atomic mass is 10.2. The van der Waals surface area contributed by atoms with E-state index in [0.29, 0.717) is 15.6 Å². The van der Waals surface area contributed by atoms with E-state index in [2.05, 4.69) is 15.4 Å². The van der Waals surface area contributed by atoms with E-state index in [1.54, 1.807) is 13.0 Å². The number of aryl methyl sites for hydroxylation is 1. The van der Waals surface area contributed by atoms with Gasteiger partial charge >= 0.3 is 6.61 Å². The molecule has 2 N–H and O–H groups in total. The van der Waals surface area contributed by atoms with Gasteiger partial charge in [0.25, 0.3) is 5.91 Å². The zero-order valence-electron chi connectivity index (χ0n) is 13.3. The Hall–Kier alpha value is -2.48. The third kappa shape index (κ3) is 4.54. The van der Waals surface area contributed by atoms with Gasteiger partial charge in [0.2, 0.25) is 5.91 Å². The van der Waals surface area contributed by atoms with Crippen LogP contribution in [0.2, 0.25) is 0 Å². The lowest BCUT2D eigenvalue weighted by molar-refractivity contribution is -0.117. The van der Waals surface area contributed by atoms with Gasteiger partial charge in [0.1, 0.15) is 5.75 Å². The van der Waals surface area contributed by atoms with E-state index < -0.39 is 6.61 Å². The number of ether oxygens (including phenoxy) is 1. The van der Waals surface area contributed by atoms with Crippen LogP contribution in [0.15, 0.2) is 30.3 Å². The lowest BCUT2D eigenvalue weighted by Crippen LogP contribution is -2.12. The van der Waals surface area contributed by atoms with Crippen LogP contribution in [-0.2, 0) is 4.79 Å². The summed E-state index contributed by atoms with van der Waals surface area (Å²) in [5.41, 5.74) is 1.22. The standard InChI is InChI=1S/C17H16F2N2O3S/c1-9-8-13(21-15(22)10-2-3-10)25-14(9)16(23)20-11-4-6-12(7-5-11)24-17(18)19/h4-8,10,17H,2-3H2,1H3,(H,20,23)(H,21,22). The minimum Gasteiger partial charge on any atom is -0.435 e. The second kappa shape index (κ2) is 7.18. The molecule has 0 saturated heterocycles. The van der Waals surface area contributed by atoms with Crippen LogP contribution in [0.1, 0.15) is 28.1 Å². The van der Waals surface area contributed by atoms with Gasteiger partial charge in [-0.15, -0.1) is 11.3 Å². The second-order valence-electron chi connectivity index (χ2n) is 5.74. The predicted octanol–water partition coefficient (Wildman–Crippen LogP) is 4.26. The number of anilines is 2. The summed E-state index contributed by atoms with van der Waals surface area (Å²) in [6.45, 7) is -1.10. The summed E-state index contributed by atoms with van der Waals surface area (Å²) >= 11 is 1.20. The topological polar surface area (TPSA) is 67.4 Å². The van der Waals surface area contributed by atoms with Gasteiger partial charge in [-0.3, -0.25) is 9.59 Å². The van der Waals surface area contributed by atoms with E-state index >= 15 is 0 Å². The molecule has 132 valence electrons. The van der Waals surface area contributed by atoms with Crippen LogP contribution in [-0.4, -0.2) is 18.4 Å². The van der Waals surface area contributed by atoms with Crippen molar-refractivity contribution < 1.29 is 23.1 Å². The molecule has 0 spiro atoms. The summed E-state index contributed by atoms with van der Waals surface area (Å²) < 4.78 is 28.5. The largest absolute Gasteiger partial charge is 0.435 e. The average molecular weight is 366 g/mol. The number of alkyl halides is 2. The Kier molecular flexibility index (Phi) is 4.98. The molecule has 8 heteroatoms. The molecule has 2 aromatic rings. The first-order valence-corrected chi connectivity index (χ1v) is 8.51. The van der Waals surface area contributed by atoms with Crippen LogP contribution in [0.3, 0.4) is 0 Å². The van der Waals surface area contributed by atoms with Gasteiger partial charge in [-0.2, -0.15) is 8.78 Å². The molecule has 1 fully saturated rings. The molecule has 1 heterocycles. The summed E-state index contributed by atoms with van der Waals surface area (Å²) in [5, 5.41) is 6.16. The van der Waals surface area contributed by atoms with Crippen molar-refractivity contribution in [2.24, 2.45) is 5.92 Å². The highest BCUT2D eigenvalue weighted by molar-refractivity contribution is 7.18. The molecule has 1 aromatic heterocycles. The third-order valence-electron chi connectivity index (χ3n) is 3.66. The fourth-order valence-corrected chi connectivity index (χ4v) is 3.22. The fraction of sp³-hybridized carbons (Fsp3) is 0.294. The maximum atomic E-state index is 12.4. The van der Waals surface area contributed by atoms with Crippen LogP contribution in [0, 0.1) is 12.8 Å². The van der Waals surface area contributed by atoms with Crippen molar-refractivity contribution in [2.45, 2.75) is 26.4 Å². The Morgan fingerprint density at radius 1 is 1.20 bits per heavy atom. The number of hydrogen-bond donors (Lipinski definition) is 2. The third-order valence-corrected chi connectivity index (χ3v) is 4.81. The van der Waals surface area contributed by atoms with Crippen LogP contribution >= 0.6 is 11.3 Å². The Labute approximate surface area is 147 Å². The normalized spacial score (nSPS) is 13.6. The molecule has 1 aliphatic rings. The van der Waals surface area contributed by atoms with Crippen LogP contribution in [0.4, 0.5) is 19.5 Å². The molecule has 0 unspecified atom stereocenters. The predicted molar refractivity (Wildman–Crippen MR) is 91.4 cm³/mol. The molecular formula is C17H16F2N2O3S. The quantitative estimate of drug-likeness (QED) is 0.803. The maximum Gasteiger partial charge on any atom is 0.387 e. The Morgan fingerprint density at radius 3 is 2.48 bits per heavy atom. The first-order valence-electron chi connectivity index (χ1n) is 7.70. The number of nitrogens with one attached hydrogen (secondary N) is 2. The van der Waals surface area contributed by atoms with Gasteiger partial charge in [-0.05, 0) is 55.7 Å². The highest BCUT2D eigenvalue weighted by Gasteiger charge is 2.30. The highest BCUT2D eigenvalue weighted by Crippen LogP contribution is 2.33. The molecule has 2 amide bonds. The zero-order valence-corrected chi connectivity index (χ0v) is 14.2. The SMILES string of the molecule is Cc1cc(NC(=O)C2CC2)sc1C(=O)Nc1ccc(OC(F)F)cc1. The van der Waals surface area contributed by atoms with Crippen molar-refractivity contribution in [3.05, 3.63) is 40.8 Å². The number of carbonyl (C=O) groups is 2. The van der Waals surface area contributed by atoms with Crippen molar-refractivity contribution in [2.75, 3.05) is 10.6 Å². The Bertz CT molecular complexity index is 786. The first-order chi connectivity index (χ1) is 11.9. The van der Waals surface area contributed by atoms with Gasteiger partial charge in [-0.1, -0.05) is 0 Å². The molecule has 0 aliphatic heterocycles. The van der Waals surface area contributed by atoms with E-state index in [0.717, 1.165) is 18.4 Å². The lowest BCUT2D eigenvalue weighted by Gasteiger charge is -2.07. The van der Waals surface area contributed by atoms with E-state index in [1.165, 1.54) is 35.6 Å². The van der Waals surface area contributed by atoms with E-state index in [1.807, 2.05) is 0 Å². The number of benzene rings is 1. The smallest absolute Gasteiger partial charge is 0.387 e. The van der Waals surface area contributed by atoms with Gasteiger partial charge in [0.05, 0.1) is 9.88 Å². The van der Waals surface area contributed by atoms with Crippen LogP contribution in [0.25, 0.3) is 0 Å². The van der Waals surface area contributed by atoms with E-state index in [-0.39, 0.29) is 23.5 Å². The van der Waals surface area contributed by atoms with Crippen molar-refractivity contribution in [3.8, 4) is 5.75 Å². The van der Waals surface area contributed by atoms with Crippen molar-refractivity contribution >= 4 is 33.8 Å². The minimum absolute atomic E-state index is 0.0113. The Balaban J connectivity index is 1.64. The number of carbonyl (C=O) groups excluding carboxylic acids is 2. The van der Waals surface area contributed by atoms with Gasteiger partial charge in [0, 0.05) is 11.6 Å². The molecule has 0 bridgehead atoms. The van der Waals surface area contributed by atoms with Gasteiger partial charge in [-0.25, -0.2) is 0 Å². The number of rotatable bonds is 6. The number of thiophene rings is 1. The Morgan fingerprint density at radius 2 is 1.88 bits per heavy atom. The van der Waals surface area contributed by atoms with Gasteiger partial charge < -0.3 is 15.4 Å². The average Bonchev–Trinajstić information content (AvgIpc) is 3.33. The van der Waals surface area contributed by atoms with Crippen molar-refractivity contribution in [3.63, 3.8) is 0 Å². The van der Waals surface area contributed by atoms with Crippen molar-refractivity contribution in [1.29, 1.82) is 0 Å². The molecule has 25 heavy (non-hydrogen) atoms. The number of hydrogen-bond acceptors (Lipinski definition) is 4. The monoisotopic (exact) mass is 366 g/mol. The molecular weight excluding hydrogens is 350 g/mol. The second-order valence-corrected chi connectivity index (χ2v) is 6.80. The zero-order chi connectivity index (χ0) is 18.0. The summed E-state index contributed by atoms with van der Waals surface area (Å²) in [6, 6.07) is 7.43. The summed E-state index contributed by atoms with van der Waals surface area (Å²) in [6.07, 6.45) is 1.82.